The molecule has 8 heteroatoms. The number of aliphatic hydroxyl groups is 2. The average molecular weight is 200 g/mol. The van der Waals surface area contributed by atoms with Gasteiger partial charge in [-0.05, 0) is 0 Å². The number of carbonyl (C=O) groups is 1. The molecule has 72 valence electrons. The first kappa shape index (κ1) is 11.7. The minimum Gasteiger partial charge on any atom is -0.394 e. The predicted molar refractivity (Wildman–Crippen MR) is 36.1 cm³/mol. The fraction of sp³-hybridized carbons (Fsp3) is 0.750. The number of hydrogen-bond donors (Lipinski definition) is 4. The third-order valence-electron chi connectivity index (χ3n) is 0.973. The molecule has 0 aliphatic heterocycles. The summed E-state index contributed by atoms with van der Waals surface area (Å²) in [4.78, 5) is 26.3. The lowest BCUT2D eigenvalue weighted by Crippen LogP contribution is -2.32. The smallest absolute Gasteiger partial charge is 0.394 e. The molecule has 0 aliphatic rings. The van der Waals surface area contributed by atoms with Crippen LogP contribution < -0.4 is 0 Å². The van der Waals surface area contributed by atoms with Crippen LogP contribution in [-0.2, 0) is 13.9 Å². The molecule has 0 radical (unpaired) electrons. The van der Waals surface area contributed by atoms with Gasteiger partial charge in [0.1, 0.15) is 12.2 Å². The van der Waals surface area contributed by atoms with E-state index in [0.717, 1.165) is 0 Å². The van der Waals surface area contributed by atoms with E-state index >= 15 is 0 Å². The van der Waals surface area contributed by atoms with Crippen LogP contribution in [-0.4, -0.2) is 45.1 Å². The first-order valence-corrected chi connectivity index (χ1v) is 4.42. The summed E-state index contributed by atoms with van der Waals surface area (Å²) in [6.45, 7) is -0.856. The summed E-state index contributed by atoms with van der Waals surface area (Å²) in [5.74, 6) is 0. The molecule has 2 atom stereocenters. The monoisotopic (exact) mass is 200 g/mol. The van der Waals surface area contributed by atoms with Gasteiger partial charge in [-0.1, -0.05) is 0 Å². The molecule has 0 aliphatic carbocycles. The van der Waals surface area contributed by atoms with Crippen molar-refractivity contribution in [2.75, 3.05) is 6.61 Å². The molecule has 0 rings (SSSR count). The fourth-order valence-corrected chi connectivity index (χ4v) is 1.01. The van der Waals surface area contributed by atoms with E-state index in [1.807, 2.05) is 0 Å². The number of hydrogen-bond acceptors (Lipinski definition) is 5. The topological polar surface area (TPSA) is 124 Å². The second-order valence-electron chi connectivity index (χ2n) is 1.94. The molecule has 0 saturated heterocycles. The zero-order chi connectivity index (χ0) is 9.78. The molecule has 0 bridgehead atoms. The highest BCUT2D eigenvalue weighted by atomic mass is 31.2. The molecule has 0 aromatic heterocycles. The zero-order valence-electron chi connectivity index (χ0n) is 5.90. The van der Waals surface area contributed by atoms with Crippen molar-refractivity contribution in [1.82, 2.24) is 0 Å². The lowest BCUT2D eigenvalue weighted by atomic mass is 10.2. The quantitative estimate of drug-likeness (QED) is 0.299. The van der Waals surface area contributed by atoms with Gasteiger partial charge in [-0.2, -0.15) is 0 Å². The minimum absolute atomic E-state index is 0.0105. The third kappa shape index (κ3) is 4.55. The molecule has 0 aromatic carbocycles. The highest BCUT2D eigenvalue weighted by Gasteiger charge is 2.27. The number of carbonyl (C=O) groups excluding carboxylic acids is 1. The van der Waals surface area contributed by atoms with Gasteiger partial charge in [0.15, 0.2) is 6.29 Å². The van der Waals surface area contributed by atoms with Gasteiger partial charge in [0.25, 0.3) is 0 Å². The van der Waals surface area contributed by atoms with Crippen LogP contribution in [0.4, 0.5) is 0 Å². The Morgan fingerprint density at radius 1 is 1.50 bits per heavy atom. The van der Waals surface area contributed by atoms with E-state index in [1.54, 1.807) is 0 Å². The van der Waals surface area contributed by atoms with E-state index in [4.69, 9.17) is 20.0 Å². The average Bonchev–Trinajstić information content (AvgIpc) is 1.97. The normalized spacial score (nSPS) is 17.0. The SMILES string of the molecule is O=C[C@H](O)[C@@H](CO)OP(=O)(O)O. The van der Waals surface area contributed by atoms with Crippen LogP contribution in [0, 0.1) is 0 Å². The maximum absolute atomic E-state index is 10.2. The van der Waals surface area contributed by atoms with Crippen molar-refractivity contribution >= 4 is 14.1 Å². The Kier molecular flexibility index (Phi) is 4.54. The van der Waals surface area contributed by atoms with Gasteiger partial charge < -0.3 is 24.8 Å². The molecule has 0 spiro atoms. The molecular formula is C4H9O7P. The fourth-order valence-electron chi connectivity index (χ4n) is 0.468. The Balaban J connectivity index is 4.18. The van der Waals surface area contributed by atoms with E-state index in [0.29, 0.717) is 0 Å². The number of phosphoric acid groups is 1. The summed E-state index contributed by atoms with van der Waals surface area (Å²) in [5.41, 5.74) is 0. The predicted octanol–water partition coefficient (Wildman–Crippen LogP) is -1.98. The van der Waals surface area contributed by atoms with Crippen LogP contribution >= 0.6 is 7.82 Å². The van der Waals surface area contributed by atoms with E-state index in [-0.39, 0.29) is 6.29 Å². The molecule has 0 saturated carbocycles. The summed E-state index contributed by atoms with van der Waals surface area (Å²) in [7, 11) is -4.78. The summed E-state index contributed by atoms with van der Waals surface area (Å²) >= 11 is 0. The van der Waals surface area contributed by atoms with Crippen molar-refractivity contribution in [2.45, 2.75) is 12.2 Å². The molecule has 12 heavy (non-hydrogen) atoms. The number of aliphatic hydroxyl groups excluding tert-OH is 2. The van der Waals surface area contributed by atoms with Gasteiger partial charge in [0.2, 0.25) is 0 Å². The largest absolute Gasteiger partial charge is 0.470 e. The Bertz CT molecular complexity index is 186. The van der Waals surface area contributed by atoms with Crippen LogP contribution in [0.15, 0.2) is 0 Å². The van der Waals surface area contributed by atoms with Crippen molar-refractivity contribution in [1.29, 1.82) is 0 Å². The Morgan fingerprint density at radius 3 is 2.25 bits per heavy atom. The van der Waals surface area contributed by atoms with Crippen LogP contribution in [0.5, 0.6) is 0 Å². The van der Waals surface area contributed by atoms with Crippen molar-refractivity contribution in [3.05, 3.63) is 0 Å². The number of phosphoric ester groups is 1. The van der Waals surface area contributed by atoms with Crippen molar-refractivity contribution < 1.29 is 33.9 Å². The van der Waals surface area contributed by atoms with Crippen LogP contribution in [0.1, 0.15) is 0 Å². The van der Waals surface area contributed by atoms with Crippen molar-refractivity contribution in [2.24, 2.45) is 0 Å². The van der Waals surface area contributed by atoms with Gasteiger partial charge in [-0.3, -0.25) is 4.52 Å². The molecular weight excluding hydrogens is 191 g/mol. The molecule has 0 aromatic rings. The summed E-state index contributed by atoms with van der Waals surface area (Å²) in [5, 5.41) is 17.1. The van der Waals surface area contributed by atoms with E-state index in [9.17, 15) is 9.36 Å². The second kappa shape index (κ2) is 4.66. The Labute approximate surface area is 67.8 Å². The third-order valence-corrected chi connectivity index (χ3v) is 1.52. The molecule has 4 N–H and O–H groups in total. The Morgan fingerprint density at radius 2 is 2.00 bits per heavy atom. The minimum atomic E-state index is -4.78. The van der Waals surface area contributed by atoms with Crippen molar-refractivity contribution in [3.8, 4) is 0 Å². The first-order valence-electron chi connectivity index (χ1n) is 2.89. The van der Waals surface area contributed by atoms with Crippen molar-refractivity contribution in [3.63, 3.8) is 0 Å². The molecule has 0 amide bonds. The van der Waals surface area contributed by atoms with Gasteiger partial charge in [-0.15, -0.1) is 0 Å². The molecule has 0 heterocycles. The first-order chi connectivity index (χ1) is 5.40. The summed E-state index contributed by atoms with van der Waals surface area (Å²) < 4.78 is 14.0. The van der Waals surface area contributed by atoms with E-state index < -0.39 is 26.6 Å². The molecule has 0 unspecified atom stereocenters. The molecule has 0 fully saturated rings. The lowest BCUT2D eigenvalue weighted by molar-refractivity contribution is -0.121. The van der Waals surface area contributed by atoms with Gasteiger partial charge >= 0.3 is 7.82 Å². The summed E-state index contributed by atoms with van der Waals surface area (Å²) in [6, 6.07) is 0. The van der Waals surface area contributed by atoms with E-state index in [1.165, 1.54) is 0 Å². The lowest BCUT2D eigenvalue weighted by Gasteiger charge is -2.16. The van der Waals surface area contributed by atoms with Gasteiger partial charge in [0, 0.05) is 0 Å². The Hall–Kier alpha value is -0.300. The standard InChI is InChI=1S/C4H9O7P/c5-1-3(7)4(2-6)11-12(8,9)10/h1,3-4,6-7H,2H2,(H2,8,9,10)/t3-,4+/m0/s1. The summed E-state index contributed by atoms with van der Waals surface area (Å²) in [6.07, 6.45) is -3.33. The maximum atomic E-state index is 10.2. The second-order valence-corrected chi connectivity index (χ2v) is 3.14. The van der Waals surface area contributed by atoms with Crippen LogP contribution in [0.25, 0.3) is 0 Å². The maximum Gasteiger partial charge on any atom is 0.470 e. The highest BCUT2D eigenvalue weighted by Crippen LogP contribution is 2.37. The van der Waals surface area contributed by atoms with E-state index in [2.05, 4.69) is 4.52 Å². The van der Waals surface area contributed by atoms with Crippen LogP contribution in [0.2, 0.25) is 0 Å². The van der Waals surface area contributed by atoms with Gasteiger partial charge in [0.05, 0.1) is 6.61 Å². The zero-order valence-corrected chi connectivity index (χ0v) is 6.79. The number of rotatable bonds is 5. The van der Waals surface area contributed by atoms with Crippen LogP contribution in [0.3, 0.4) is 0 Å². The highest BCUT2D eigenvalue weighted by molar-refractivity contribution is 7.46. The van der Waals surface area contributed by atoms with Gasteiger partial charge in [-0.25, -0.2) is 4.57 Å². The number of aldehydes is 1. The molecule has 7 nitrogen and oxygen atoms in total.